The number of esters is 1. The van der Waals surface area contributed by atoms with Crippen LogP contribution >= 0.6 is 0 Å². The summed E-state index contributed by atoms with van der Waals surface area (Å²) in [5.74, 6) is -3.66. The fourth-order valence-electron chi connectivity index (χ4n) is 5.05. The van der Waals surface area contributed by atoms with E-state index in [2.05, 4.69) is 0 Å². The van der Waals surface area contributed by atoms with Crippen molar-refractivity contribution in [2.75, 3.05) is 20.8 Å². The van der Waals surface area contributed by atoms with Gasteiger partial charge in [-0.2, -0.15) is 0 Å². The molecule has 45 heavy (non-hydrogen) atoms. The van der Waals surface area contributed by atoms with E-state index in [0.29, 0.717) is 24.3 Å². The summed E-state index contributed by atoms with van der Waals surface area (Å²) < 4.78 is 21.9. The average Bonchev–Trinajstić information content (AvgIpc) is 3.03. The van der Waals surface area contributed by atoms with Gasteiger partial charge in [0.1, 0.15) is 34.0 Å². The highest BCUT2D eigenvalue weighted by Crippen LogP contribution is 2.45. The number of phenolic OH excluding ortho intramolecular Hbond substituents is 4. The van der Waals surface area contributed by atoms with Gasteiger partial charge in [0, 0.05) is 29.5 Å². The second-order valence-corrected chi connectivity index (χ2v) is 10.2. The minimum Gasteiger partial charge on any atom is -0.507 e. The first-order valence-corrected chi connectivity index (χ1v) is 13.8. The number of methoxy groups -OCH3 is 2. The first kappa shape index (κ1) is 30.6. The van der Waals surface area contributed by atoms with Crippen LogP contribution in [0.25, 0.3) is 22.3 Å². The third-order valence-electron chi connectivity index (χ3n) is 7.42. The summed E-state index contributed by atoms with van der Waals surface area (Å²) in [7, 11) is 2.81. The lowest BCUT2D eigenvalue weighted by Gasteiger charge is -2.21. The summed E-state index contributed by atoms with van der Waals surface area (Å²) in [6.07, 6.45) is 0.360. The Morgan fingerprint density at radius 2 is 1.49 bits per heavy atom. The van der Waals surface area contributed by atoms with Crippen molar-refractivity contribution in [2.45, 2.75) is 18.8 Å². The van der Waals surface area contributed by atoms with Gasteiger partial charge in [-0.15, -0.1) is 0 Å². The normalized spacial score (nSPS) is 11.7. The zero-order valence-electron chi connectivity index (χ0n) is 24.3. The lowest BCUT2D eigenvalue weighted by atomic mass is 9.86. The van der Waals surface area contributed by atoms with Gasteiger partial charge in [-0.05, 0) is 53.6 Å². The Balaban J connectivity index is 1.55. The van der Waals surface area contributed by atoms with Crippen molar-refractivity contribution in [3.8, 4) is 51.6 Å². The second-order valence-electron chi connectivity index (χ2n) is 10.2. The second kappa shape index (κ2) is 12.8. The highest BCUT2D eigenvalue weighted by atomic mass is 16.5. The Bertz CT molecular complexity index is 1910. The van der Waals surface area contributed by atoms with Crippen LogP contribution in [0.4, 0.5) is 0 Å². The lowest BCUT2D eigenvalue weighted by molar-refractivity contribution is -0.140. The Kier molecular flexibility index (Phi) is 8.71. The van der Waals surface area contributed by atoms with Crippen LogP contribution in [0.1, 0.15) is 29.0 Å². The molecule has 0 aliphatic rings. The van der Waals surface area contributed by atoms with Crippen molar-refractivity contribution in [2.24, 2.45) is 0 Å². The summed E-state index contributed by atoms with van der Waals surface area (Å²) in [5, 5.41) is 51.7. The fourth-order valence-corrected chi connectivity index (χ4v) is 5.05. The quantitative estimate of drug-likeness (QED) is 0.102. The lowest BCUT2D eigenvalue weighted by Crippen LogP contribution is -2.12. The van der Waals surface area contributed by atoms with Gasteiger partial charge in [0.15, 0.2) is 17.3 Å². The predicted molar refractivity (Wildman–Crippen MR) is 163 cm³/mol. The summed E-state index contributed by atoms with van der Waals surface area (Å²) in [6.45, 7) is 0.394. The molecule has 0 spiro atoms. The van der Waals surface area contributed by atoms with Gasteiger partial charge >= 0.3 is 5.97 Å². The first-order chi connectivity index (χ1) is 21.6. The van der Waals surface area contributed by atoms with Crippen LogP contribution in [0.2, 0.25) is 0 Å². The van der Waals surface area contributed by atoms with E-state index >= 15 is 0 Å². The zero-order chi connectivity index (χ0) is 32.2. The summed E-state index contributed by atoms with van der Waals surface area (Å²) >= 11 is 0. The Morgan fingerprint density at radius 1 is 0.800 bits per heavy atom. The number of carbonyl (C=O) groups excluding carboxylic acids is 1. The van der Waals surface area contributed by atoms with Crippen molar-refractivity contribution in [3.63, 3.8) is 0 Å². The molecule has 1 atom stereocenters. The van der Waals surface area contributed by atoms with Crippen LogP contribution in [0.15, 0.2) is 82.0 Å². The maximum absolute atomic E-state index is 13.3. The standard InChI is InChI=1S/C34H30O11/c1-42-21-8-3-18(4-9-21)13-14-44-22-10-5-19(6-11-22)23(16-28(39)43-2)29-26(37)17-27(38)30-31(40)32(41)33(45-34(29)30)20-7-12-24(35)25(36)15-20/h3-12,15,17,23,35-38,41H,13-14,16H2,1-2H3. The molecule has 0 aliphatic carbocycles. The number of phenols is 4. The molecule has 1 unspecified atom stereocenters. The van der Waals surface area contributed by atoms with Gasteiger partial charge in [-0.1, -0.05) is 24.3 Å². The van der Waals surface area contributed by atoms with Crippen LogP contribution in [0.3, 0.4) is 0 Å². The van der Waals surface area contributed by atoms with Gasteiger partial charge in [0.2, 0.25) is 11.2 Å². The SMILES string of the molecule is COC(=O)CC(c1ccc(OCCc2ccc(OC)cc2)cc1)c1c(O)cc(O)c2c(=O)c(O)c(-c3ccc(O)c(O)c3)oc12. The molecule has 0 radical (unpaired) electrons. The van der Waals surface area contributed by atoms with Crippen molar-refractivity contribution in [1.82, 2.24) is 0 Å². The predicted octanol–water partition coefficient (Wildman–Crippen LogP) is 5.31. The van der Waals surface area contributed by atoms with E-state index in [9.17, 15) is 35.1 Å². The van der Waals surface area contributed by atoms with Gasteiger partial charge in [-0.3, -0.25) is 9.59 Å². The van der Waals surface area contributed by atoms with Crippen molar-refractivity contribution < 1.29 is 49.0 Å². The Hall–Kier alpha value is -5.84. The summed E-state index contributed by atoms with van der Waals surface area (Å²) in [6, 6.07) is 18.8. The fraction of sp³-hybridized carbons (Fsp3) is 0.176. The van der Waals surface area contributed by atoms with Crippen molar-refractivity contribution >= 4 is 16.9 Å². The van der Waals surface area contributed by atoms with E-state index in [4.69, 9.17) is 18.6 Å². The first-order valence-electron chi connectivity index (χ1n) is 13.8. The van der Waals surface area contributed by atoms with E-state index in [1.807, 2.05) is 24.3 Å². The van der Waals surface area contributed by atoms with Crippen LogP contribution < -0.4 is 14.9 Å². The Morgan fingerprint density at radius 3 is 2.13 bits per heavy atom. The molecule has 0 saturated heterocycles. The van der Waals surface area contributed by atoms with Crippen LogP contribution in [-0.4, -0.2) is 52.3 Å². The molecule has 0 amide bonds. The molecule has 5 N–H and O–H groups in total. The van der Waals surface area contributed by atoms with E-state index in [1.165, 1.54) is 13.2 Å². The number of aromatic hydroxyl groups is 5. The maximum atomic E-state index is 13.3. The minimum atomic E-state index is -1.02. The molecule has 232 valence electrons. The number of ether oxygens (including phenoxy) is 3. The van der Waals surface area contributed by atoms with Crippen molar-refractivity contribution in [1.29, 1.82) is 0 Å². The Labute approximate surface area is 256 Å². The third-order valence-corrected chi connectivity index (χ3v) is 7.42. The molecule has 5 rings (SSSR count). The van der Waals surface area contributed by atoms with E-state index < -0.39 is 57.2 Å². The number of benzene rings is 4. The molecule has 5 aromatic rings. The number of rotatable bonds is 10. The summed E-state index contributed by atoms with van der Waals surface area (Å²) in [5.41, 5.74) is 0.264. The van der Waals surface area contributed by atoms with Crippen LogP contribution in [0.5, 0.6) is 40.2 Å². The topological polar surface area (TPSA) is 176 Å². The van der Waals surface area contributed by atoms with Gasteiger partial charge in [0.25, 0.3) is 0 Å². The molecule has 1 heterocycles. The molecule has 4 aromatic carbocycles. The molecule has 1 aromatic heterocycles. The van der Waals surface area contributed by atoms with E-state index in [1.54, 1.807) is 31.4 Å². The highest BCUT2D eigenvalue weighted by molar-refractivity contribution is 5.92. The van der Waals surface area contributed by atoms with E-state index in [-0.39, 0.29) is 23.1 Å². The molecule has 0 saturated carbocycles. The maximum Gasteiger partial charge on any atom is 0.306 e. The van der Waals surface area contributed by atoms with Crippen LogP contribution in [0, 0.1) is 0 Å². The monoisotopic (exact) mass is 614 g/mol. The third kappa shape index (κ3) is 6.28. The highest BCUT2D eigenvalue weighted by Gasteiger charge is 2.30. The molecule has 0 bridgehead atoms. The molecule has 11 heteroatoms. The minimum absolute atomic E-state index is 0.0243. The van der Waals surface area contributed by atoms with Gasteiger partial charge in [-0.25, -0.2) is 0 Å². The number of hydrogen-bond acceptors (Lipinski definition) is 11. The van der Waals surface area contributed by atoms with Crippen LogP contribution in [-0.2, 0) is 16.0 Å². The number of hydrogen-bond donors (Lipinski definition) is 5. The molecule has 0 aliphatic heterocycles. The van der Waals surface area contributed by atoms with Gasteiger partial charge in [0.05, 0.1) is 27.2 Å². The molecular weight excluding hydrogens is 584 g/mol. The van der Waals surface area contributed by atoms with E-state index in [0.717, 1.165) is 29.5 Å². The summed E-state index contributed by atoms with van der Waals surface area (Å²) in [4.78, 5) is 25.9. The number of fused-ring (bicyclic) bond motifs is 1. The largest absolute Gasteiger partial charge is 0.507 e. The smallest absolute Gasteiger partial charge is 0.306 e. The average molecular weight is 615 g/mol. The number of carbonyl (C=O) groups is 1. The molecular formula is C34H30O11. The van der Waals surface area contributed by atoms with Crippen molar-refractivity contribution in [3.05, 3.63) is 99.7 Å². The molecule has 0 fully saturated rings. The molecule has 11 nitrogen and oxygen atoms in total. The zero-order valence-corrected chi connectivity index (χ0v) is 24.3. The van der Waals surface area contributed by atoms with Gasteiger partial charge < -0.3 is 44.2 Å².